The number of hydrogen-bond donors (Lipinski definition) is 0. The Bertz CT molecular complexity index is 614. The van der Waals surface area contributed by atoms with Gasteiger partial charge in [0, 0.05) is 37.6 Å². The van der Waals surface area contributed by atoms with Crippen molar-refractivity contribution in [1.82, 2.24) is 0 Å². The molecular weight excluding hydrogens is 326 g/mol. The number of nitro benzene ring substituents is 1. The molecule has 0 radical (unpaired) electrons. The van der Waals surface area contributed by atoms with Crippen LogP contribution in [0.3, 0.4) is 0 Å². The second-order valence-corrected chi connectivity index (χ2v) is 5.79. The van der Waals surface area contributed by atoms with E-state index in [1.165, 1.54) is 12.1 Å². The molecule has 1 saturated carbocycles. The van der Waals surface area contributed by atoms with Crippen molar-refractivity contribution in [3.05, 3.63) is 33.3 Å². The summed E-state index contributed by atoms with van der Waals surface area (Å²) in [5, 5.41) is 11.2. The molecule has 0 amide bonds. The van der Waals surface area contributed by atoms with Gasteiger partial charge in [0.15, 0.2) is 17.3 Å². The Morgan fingerprint density at radius 2 is 1.96 bits per heavy atom. The van der Waals surface area contributed by atoms with Crippen LogP contribution in [0.2, 0.25) is 5.02 Å². The number of nitro groups is 1. The lowest BCUT2D eigenvalue weighted by molar-refractivity contribution is -0.385. The molecule has 0 atom stereocenters. The van der Waals surface area contributed by atoms with Crippen molar-refractivity contribution in [3.8, 4) is 5.75 Å². The Morgan fingerprint density at radius 3 is 2.52 bits per heavy atom. The number of methoxy groups -OCH3 is 1. The highest BCUT2D eigenvalue weighted by Gasteiger charge is 2.38. The van der Waals surface area contributed by atoms with E-state index in [0.717, 1.165) is 6.07 Å². The summed E-state index contributed by atoms with van der Waals surface area (Å²) in [6.45, 7) is 0.472. The van der Waals surface area contributed by atoms with Gasteiger partial charge in [0.1, 0.15) is 0 Å². The standard InChI is InChI=1S/C15H16ClNO6/c1-22-5-4-9-6-12(18)15(13(19)7-9)23-14-3-2-10(16)8-11(14)17(20)21/h2-3,8-9,15H,4-7H2,1H3. The molecule has 0 bridgehead atoms. The molecule has 1 aliphatic carbocycles. The van der Waals surface area contributed by atoms with Gasteiger partial charge >= 0.3 is 5.69 Å². The highest BCUT2D eigenvalue weighted by Crippen LogP contribution is 2.33. The third-order valence-electron chi connectivity index (χ3n) is 3.66. The summed E-state index contributed by atoms with van der Waals surface area (Å²) in [6.07, 6.45) is -0.293. The fraction of sp³-hybridized carbons (Fsp3) is 0.467. The average molecular weight is 342 g/mol. The van der Waals surface area contributed by atoms with Crippen LogP contribution >= 0.6 is 11.6 Å². The molecular formula is C15H16ClNO6. The lowest BCUT2D eigenvalue weighted by atomic mass is 9.83. The van der Waals surface area contributed by atoms with Crippen molar-refractivity contribution in [1.29, 1.82) is 0 Å². The molecule has 0 N–H and O–H groups in total. The van der Waals surface area contributed by atoms with E-state index in [-0.39, 0.29) is 46.8 Å². The normalized spacial score (nSPS) is 21.3. The van der Waals surface area contributed by atoms with Gasteiger partial charge in [0.05, 0.1) is 4.92 Å². The van der Waals surface area contributed by atoms with Crippen LogP contribution in [0.15, 0.2) is 18.2 Å². The van der Waals surface area contributed by atoms with Gasteiger partial charge in [-0.25, -0.2) is 0 Å². The number of rotatable bonds is 6. The molecule has 23 heavy (non-hydrogen) atoms. The summed E-state index contributed by atoms with van der Waals surface area (Å²) >= 11 is 5.72. The smallest absolute Gasteiger partial charge is 0.312 e. The van der Waals surface area contributed by atoms with Crippen LogP contribution in [0.4, 0.5) is 5.69 Å². The van der Waals surface area contributed by atoms with Gasteiger partial charge in [-0.3, -0.25) is 19.7 Å². The maximum absolute atomic E-state index is 12.1. The summed E-state index contributed by atoms with van der Waals surface area (Å²) in [5.74, 6) is -0.949. The van der Waals surface area contributed by atoms with E-state index in [2.05, 4.69) is 0 Å². The zero-order valence-corrected chi connectivity index (χ0v) is 13.2. The first-order chi connectivity index (χ1) is 10.9. The topological polar surface area (TPSA) is 95.7 Å². The number of ether oxygens (including phenoxy) is 2. The van der Waals surface area contributed by atoms with Gasteiger partial charge in [-0.2, -0.15) is 0 Å². The zero-order valence-electron chi connectivity index (χ0n) is 12.5. The van der Waals surface area contributed by atoms with Gasteiger partial charge < -0.3 is 9.47 Å². The van der Waals surface area contributed by atoms with Crippen molar-refractivity contribution in [2.45, 2.75) is 25.4 Å². The summed E-state index contributed by atoms with van der Waals surface area (Å²) < 4.78 is 10.3. The van der Waals surface area contributed by atoms with E-state index in [1.807, 2.05) is 0 Å². The fourth-order valence-corrected chi connectivity index (χ4v) is 2.68. The Hall–Kier alpha value is -1.99. The molecule has 124 valence electrons. The average Bonchev–Trinajstić information content (AvgIpc) is 2.49. The molecule has 0 unspecified atom stereocenters. The molecule has 2 rings (SSSR count). The van der Waals surface area contributed by atoms with E-state index in [0.29, 0.717) is 13.0 Å². The van der Waals surface area contributed by atoms with Crippen LogP contribution < -0.4 is 4.74 Å². The van der Waals surface area contributed by atoms with Crippen LogP contribution in [0.5, 0.6) is 5.75 Å². The van der Waals surface area contributed by atoms with Crippen LogP contribution in [-0.2, 0) is 14.3 Å². The molecule has 1 aromatic rings. The Balaban J connectivity index is 2.13. The third-order valence-corrected chi connectivity index (χ3v) is 3.89. The zero-order chi connectivity index (χ0) is 17.0. The first kappa shape index (κ1) is 17.4. The van der Waals surface area contributed by atoms with Gasteiger partial charge in [0.2, 0.25) is 6.10 Å². The lowest BCUT2D eigenvalue weighted by Gasteiger charge is -2.26. The minimum atomic E-state index is -1.30. The molecule has 1 aliphatic rings. The summed E-state index contributed by atoms with van der Waals surface area (Å²) in [5.41, 5.74) is -0.375. The van der Waals surface area contributed by atoms with E-state index in [4.69, 9.17) is 21.1 Å². The monoisotopic (exact) mass is 341 g/mol. The fourth-order valence-electron chi connectivity index (χ4n) is 2.51. The SMILES string of the molecule is COCCC1CC(=O)C(Oc2ccc(Cl)cc2[N+](=O)[O-])C(=O)C1. The van der Waals surface area contributed by atoms with Crippen molar-refractivity contribution >= 4 is 28.9 Å². The number of halogens is 1. The van der Waals surface area contributed by atoms with Gasteiger partial charge in [0.25, 0.3) is 0 Å². The number of carbonyl (C=O) groups excluding carboxylic acids is 2. The van der Waals surface area contributed by atoms with Crippen molar-refractivity contribution in [3.63, 3.8) is 0 Å². The Labute approximate surface area is 137 Å². The molecule has 1 aromatic carbocycles. The first-order valence-electron chi connectivity index (χ1n) is 7.07. The predicted octanol–water partition coefficient (Wildman–Crippen LogP) is 2.58. The predicted molar refractivity (Wildman–Crippen MR) is 81.8 cm³/mol. The number of Topliss-reactive ketones (excluding diaryl/α,β-unsaturated/α-hetero) is 2. The highest BCUT2D eigenvalue weighted by atomic mass is 35.5. The first-order valence-corrected chi connectivity index (χ1v) is 7.45. The number of nitrogens with zero attached hydrogens (tertiary/aromatic N) is 1. The molecule has 1 fully saturated rings. The van der Waals surface area contributed by atoms with Crippen molar-refractivity contribution < 1.29 is 24.0 Å². The van der Waals surface area contributed by atoms with Crippen molar-refractivity contribution in [2.75, 3.05) is 13.7 Å². The van der Waals surface area contributed by atoms with Gasteiger partial charge in [-0.05, 0) is 24.5 Å². The Morgan fingerprint density at radius 1 is 1.30 bits per heavy atom. The maximum Gasteiger partial charge on any atom is 0.312 e. The van der Waals surface area contributed by atoms with Crippen LogP contribution in [0.1, 0.15) is 19.3 Å². The number of benzene rings is 1. The summed E-state index contributed by atoms with van der Waals surface area (Å²) in [4.78, 5) is 34.7. The summed E-state index contributed by atoms with van der Waals surface area (Å²) in [6, 6.07) is 3.82. The van der Waals surface area contributed by atoms with E-state index >= 15 is 0 Å². The maximum atomic E-state index is 12.1. The van der Waals surface area contributed by atoms with Crippen LogP contribution in [0, 0.1) is 16.0 Å². The van der Waals surface area contributed by atoms with Gasteiger partial charge in [-0.1, -0.05) is 11.6 Å². The second kappa shape index (κ2) is 7.52. The molecule has 0 aromatic heterocycles. The second-order valence-electron chi connectivity index (χ2n) is 5.36. The quantitative estimate of drug-likeness (QED) is 0.448. The number of carbonyl (C=O) groups is 2. The number of ketones is 2. The van der Waals surface area contributed by atoms with Crippen molar-refractivity contribution in [2.24, 2.45) is 5.92 Å². The summed E-state index contributed by atoms with van der Waals surface area (Å²) in [7, 11) is 1.55. The largest absolute Gasteiger partial charge is 0.468 e. The Kier molecular flexibility index (Phi) is 5.68. The molecule has 0 heterocycles. The minimum Gasteiger partial charge on any atom is -0.468 e. The highest BCUT2D eigenvalue weighted by molar-refractivity contribution is 6.30. The van der Waals surface area contributed by atoms with E-state index in [1.54, 1.807) is 7.11 Å². The molecule has 0 saturated heterocycles. The third kappa shape index (κ3) is 4.27. The minimum absolute atomic E-state index is 0.0741. The molecule has 7 nitrogen and oxygen atoms in total. The number of hydrogen-bond acceptors (Lipinski definition) is 6. The molecule has 8 heteroatoms. The van der Waals surface area contributed by atoms with Crippen LogP contribution in [0.25, 0.3) is 0 Å². The van der Waals surface area contributed by atoms with Gasteiger partial charge in [-0.15, -0.1) is 0 Å². The lowest BCUT2D eigenvalue weighted by Crippen LogP contribution is -2.42. The van der Waals surface area contributed by atoms with Crippen LogP contribution in [-0.4, -0.2) is 36.3 Å². The molecule has 0 aliphatic heterocycles. The van der Waals surface area contributed by atoms with E-state index in [9.17, 15) is 19.7 Å². The molecule has 0 spiro atoms. The van der Waals surface area contributed by atoms with E-state index < -0.39 is 11.0 Å².